The summed E-state index contributed by atoms with van der Waals surface area (Å²) in [6, 6.07) is 0.619. The summed E-state index contributed by atoms with van der Waals surface area (Å²) in [5, 5.41) is 12.1. The SMILES string of the molecule is CN1CCCC[C@H]1CCNC(=O)C1(CO)CC1. The van der Waals surface area contributed by atoms with E-state index < -0.39 is 5.41 Å². The lowest BCUT2D eigenvalue weighted by atomic mass is 10.00. The third-order valence-corrected chi connectivity index (χ3v) is 4.32. The lowest BCUT2D eigenvalue weighted by molar-refractivity contribution is -0.127. The molecule has 2 rings (SSSR count). The fourth-order valence-corrected chi connectivity index (χ4v) is 2.66. The predicted molar refractivity (Wildman–Crippen MR) is 66.6 cm³/mol. The van der Waals surface area contributed by atoms with E-state index in [1.807, 2.05) is 0 Å². The molecule has 2 fully saturated rings. The molecule has 1 atom stereocenters. The number of hydrogen-bond donors (Lipinski definition) is 2. The van der Waals surface area contributed by atoms with Crippen LogP contribution in [0.4, 0.5) is 0 Å². The molecule has 2 N–H and O–H groups in total. The predicted octanol–water partition coefficient (Wildman–Crippen LogP) is 0.749. The number of carbonyl (C=O) groups is 1. The maximum Gasteiger partial charge on any atom is 0.228 e. The number of nitrogens with zero attached hydrogens (tertiary/aromatic N) is 1. The van der Waals surface area contributed by atoms with Gasteiger partial charge in [-0.1, -0.05) is 6.42 Å². The second kappa shape index (κ2) is 5.36. The number of carbonyl (C=O) groups excluding carboxylic acids is 1. The van der Waals surface area contributed by atoms with Crippen LogP contribution in [-0.2, 0) is 4.79 Å². The molecule has 0 aromatic rings. The molecule has 2 aliphatic rings. The van der Waals surface area contributed by atoms with E-state index in [1.165, 1.54) is 25.8 Å². The summed E-state index contributed by atoms with van der Waals surface area (Å²) in [7, 11) is 2.17. The molecule has 1 aliphatic carbocycles. The first kappa shape index (κ1) is 12.8. The van der Waals surface area contributed by atoms with Gasteiger partial charge in [-0.3, -0.25) is 4.79 Å². The minimum atomic E-state index is -0.418. The topological polar surface area (TPSA) is 52.6 Å². The van der Waals surface area contributed by atoms with Gasteiger partial charge in [0, 0.05) is 12.6 Å². The first-order valence-corrected chi connectivity index (χ1v) is 6.77. The van der Waals surface area contributed by atoms with Crippen molar-refractivity contribution in [2.24, 2.45) is 5.41 Å². The number of likely N-dealkylation sites (tertiary alicyclic amines) is 1. The summed E-state index contributed by atoms with van der Waals surface area (Å²) < 4.78 is 0. The Bertz CT molecular complexity index is 277. The highest BCUT2D eigenvalue weighted by molar-refractivity contribution is 5.85. The molecule has 17 heavy (non-hydrogen) atoms. The van der Waals surface area contributed by atoms with Gasteiger partial charge in [0.1, 0.15) is 0 Å². The minimum absolute atomic E-state index is 0.00215. The third-order valence-electron chi connectivity index (χ3n) is 4.32. The zero-order valence-electron chi connectivity index (χ0n) is 10.7. The molecule has 0 unspecified atom stereocenters. The van der Waals surface area contributed by atoms with Crippen LogP contribution in [0.1, 0.15) is 38.5 Å². The van der Waals surface area contributed by atoms with Crippen molar-refractivity contribution in [3.8, 4) is 0 Å². The highest BCUT2D eigenvalue weighted by Gasteiger charge is 2.49. The molecule has 1 aliphatic heterocycles. The Morgan fingerprint density at radius 2 is 2.24 bits per heavy atom. The van der Waals surface area contributed by atoms with Crippen LogP contribution in [0.15, 0.2) is 0 Å². The summed E-state index contributed by atoms with van der Waals surface area (Å²) in [5.41, 5.74) is -0.418. The van der Waals surface area contributed by atoms with Gasteiger partial charge >= 0.3 is 0 Å². The highest BCUT2D eigenvalue weighted by Crippen LogP contribution is 2.45. The number of piperidine rings is 1. The van der Waals surface area contributed by atoms with Gasteiger partial charge in [0.15, 0.2) is 0 Å². The van der Waals surface area contributed by atoms with Crippen LogP contribution in [0.2, 0.25) is 0 Å². The van der Waals surface area contributed by atoms with Crippen LogP contribution in [0.25, 0.3) is 0 Å². The van der Waals surface area contributed by atoms with E-state index in [2.05, 4.69) is 17.3 Å². The Hall–Kier alpha value is -0.610. The van der Waals surface area contributed by atoms with Crippen molar-refractivity contribution in [3.05, 3.63) is 0 Å². The van der Waals surface area contributed by atoms with E-state index in [4.69, 9.17) is 5.11 Å². The average Bonchev–Trinajstić information content (AvgIpc) is 3.12. The molecular formula is C13H24N2O2. The van der Waals surface area contributed by atoms with Gasteiger partial charge in [-0.2, -0.15) is 0 Å². The Labute approximate surface area is 103 Å². The Morgan fingerprint density at radius 1 is 1.47 bits per heavy atom. The Balaban J connectivity index is 1.67. The van der Waals surface area contributed by atoms with Crippen LogP contribution in [-0.4, -0.2) is 48.7 Å². The first-order valence-electron chi connectivity index (χ1n) is 6.77. The zero-order valence-corrected chi connectivity index (χ0v) is 10.7. The van der Waals surface area contributed by atoms with Crippen molar-refractivity contribution in [2.75, 3.05) is 26.7 Å². The van der Waals surface area contributed by atoms with Crippen molar-refractivity contribution < 1.29 is 9.90 Å². The van der Waals surface area contributed by atoms with E-state index >= 15 is 0 Å². The molecule has 1 saturated heterocycles. The maximum absolute atomic E-state index is 11.8. The van der Waals surface area contributed by atoms with Gasteiger partial charge in [-0.05, 0) is 45.7 Å². The van der Waals surface area contributed by atoms with Gasteiger partial charge in [0.25, 0.3) is 0 Å². The van der Waals surface area contributed by atoms with E-state index in [1.54, 1.807) is 0 Å². The molecule has 1 saturated carbocycles. The number of amides is 1. The quantitative estimate of drug-likeness (QED) is 0.745. The molecular weight excluding hydrogens is 216 g/mol. The van der Waals surface area contributed by atoms with E-state index in [9.17, 15) is 4.79 Å². The van der Waals surface area contributed by atoms with Crippen molar-refractivity contribution in [2.45, 2.75) is 44.6 Å². The Morgan fingerprint density at radius 3 is 2.82 bits per heavy atom. The number of rotatable bonds is 5. The summed E-state index contributed by atoms with van der Waals surface area (Å²) in [4.78, 5) is 14.2. The smallest absolute Gasteiger partial charge is 0.228 e. The third kappa shape index (κ3) is 2.99. The van der Waals surface area contributed by atoms with Gasteiger partial charge in [-0.15, -0.1) is 0 Å². The standard InChI is InChI=1S/C13H24N2O2/c1-15-9-3-2-4-11(15)5-8-14-12(17)13(10-16)6-7-13/h11,16H,2-10H2,1H3,(H,14,17)/t11-/m0/s1. The molecule has 0 spiro atoms. The van der Waals surface area contributed by atoms with Gasteiger partial charge in [0.2, 0.25) is 5.91 Å². The molecule has 0 aromatic heterocycles. The van der Waals surface area contributed by atoms with Gasteiger partial charge in [0.05, 0.1) is 12.0 Å². The van der Waals surface area contributed by atoms with E-state index in [0.717, 1.165) is 25.8 Å². The normalized spacial score (nSPS) is 27.8. The number of hydrogen-bond acceptors (Lipinski definition) is 3. The zero-order chi connectivity index (χ0) is 12.3. The largest absolute Gasteiger partial charge is 0.395 e. The Kier molecular flexibility index (Phi) is 4.05. The summed E-state index contributed by atoms with van der Waals surface area (Å²) in [5.74, 6) is 0.0541. The average molecular weight is 240 g/mol. The molecule has 0 aromatic carbocycles. The maximum atomic E-state index is 11.8. The second-order valence-corrected chi connectivity index (χ2v) is 5.61. The summed E-state index contributed by atoms with van der Waals surface area (Å²) >= 11 is 0. The lowest BCUT2D eigenvalue weighted by Crippen LogP contribution is -2.40. The number of aliphatic hydroxyl groups is 1. The van der Waals surface area contributed by atoms with Crippen LogP contribution in [0, 0.1) is 5.41 Å². The monoisotopic (exact) mass is 240 g/mol. The number of nitrogens with one attached hydrogen (secondary N) is 1. The van der Waals surface area contributed by atoms with Crippen molar-refractivity contribution >= 4 is 5.91 Å². The van der Waals surface area contributed by atoms with Crippen LogP contribution >= 0.6 is 0 Å². The fourth-order valence-electron chi connectivity index (χ4n) is 2.66. The second-order valence-electron chi connectivity index (χ2n) is 5.61. The fraction of sp³-hybridized carbons (Fsp3) is 0.923. The van der Waals surface area contributed by atoms with Crippen LogP contribution in [0.3, 0.4) is 0 Å². The van der Waals surface area contributed by atoms with Crippen molar-refractivity contribution in [1.82, 2.24) is 10.2 Å². The molecule has 4 nitrogen and oxygen atoms in total. The summed E-state index contributed by atoms with van der Waals surface area (Å²) in [6.45, 7) is 1.93. The summed E-state index contributed by atoms with van der Waals surface area (Å²) in [6.07, 6.45) is 6.58. The molecule has 1 heterocycles. The minimum Gasteiger partial charge on any atom is -0.395 e. The molecule has 4 heteroatoms. The van der Waals surface area contributed by atoms with Gasteiger partial charge in [-0.25, -0.2) is 0 Å². The molecule has 0 radical (unpaired) electrons. The van der Waals surface area contributed by atoms with Crippen LogP contribution in [0.5, 0.6) is 0 Å². The van der Waals surface area contributed by atoms with Crippen molar-refractivity contribution in [1.29, 1.82) is 0 Å². The number of aliphatic hydroxyl groups excluding tert-OH is 1. The van der Waals surface area contributed by atoms with Crippen molar-refractivity contribution in [3.63, 3.8) is 0 Å². The van der Waals surface area contributed by atoms with E-state index in [0.29, 0.717) is 6.04 Å². The van der Waals surface area contributed by atoms with E-state index in [-0.39, 0.29) is 12.5 Å². The van der Waals surface area contributed by atoms with Crippen LogP contribution < -0.4 is 5.32 Å². The molecule has 1 amide bonds. The lowest BCUT2D eigenvalue weighted by Gasteiger charge is -2.32. The highest BCUT2D eigenvalue weighted by atomic mass is 16.3. The molecule has 0 bridgehead atoms. The first-order chi connectivity index (χ1) is 8.18. The van der Waals surface area contributed by atoms with Gasteiger partial charge < -0.3 is 15.3 Å². The molecule has 98 valence electrons.